The van der Waals surface area contributed by atoms with Gasteiger partial charge in [-0.1, -0.05) is 0 Å². The maximum absolute atomic E-state index is 14.4. The number of hydrogen-bond acceptors (Lipinski definition) is 9. The summed E-state index contributed by atoms with van der Waals surface area (Å²) < 4.78 is 33.7. The number of aromatic nitrogens is 5. The molecule has 0 saturated carbocycles. The number of imidazole rings is 1. The van der Waals surface area contributed by atoms with Gasteiger partial charge in [0.2, 0.25) is 0 Å². The fourth-order valence-corrected chi connectivity index (χ4v) is 5.38. The monoisotopic (exact) mass is 625 g/mol. The van der Waals surface area contributed by atoms with Gasteiger partial charge in [0.15, 0.2) is 0 Å². The van der Waals surface area contributed by atoms with Crippen molar-refractivity contribution in [3.63, 3.8) is 0 Å². The Kier molecular flexibility index (Phi) is 8.44. The Balaban J connectivity index is 1.18. The summed E-state index contributed by atoms with van der Waals surface area (Å²) in [6, 6.07) is 11.6. The molecule has 0 unspecified atom stereocenters. The molecule has 0 radical (unpaired) electrons. The number of nitrogens with two attached hydrogens (primary N) is 1. The fourth-order valence-electron chi connectivity index (χ4n) is 5.38. The van der Waals surface area contributed by atoms with Crippen LogP contribution in [-0.2, 0) is 11.3 Å². The lowest BCUT2D eigenvalue weighted by Gasteiger charge is -2.33. The van der Waals surface area contributed by atoms with E-state index in [2.05, 4.69) is 15.0 Å². The minimum Gasteiger partial charge on any atom is -0.489 e. The summed E-state index contributed by atoms with van der Waals surface area (Å²) >= 11 is 0. The third-order valence-electron chi connectivity index (χ3n) is 7.57. The quantitative estimate of drug-likeness (QED) is 0.210. The summed E-state index contributed by atoms with van der Waals surface area (Å²) in [4.78, 5) is 32.0. The van der Waals surface area contributed by atoms with Crippen LogP contribution in [0.15, 0.2) is 67.3 Å². The van der Waals surface area contributed by atoms with E-state index in [1.54, 1.807) is 48.6 Å². The van der Waals surface area contributed by atoms with Crippen molar-refractivity contribution in [1.29, 1.82) is 0 Å². The van der Waals surface area contributed by atoms with Crippen LogP contribution in [-0.4, -0.2) is 54.0 Å². The van der Waals surface area contributed by atoms with Gasteiger partial charge in [0, 0.05) is 73.1 Å². The highest BCUT2D eigenvalue weighted by atomic mass is 19.1. The molecule has 1 saturated heterocycles. The molecule has 46 heavy (non-hydrogen) atoms. The maximum Gasteiger partial charge on any atom is 0.410 e. The predicted molar refractivity (Wildman–Crippen MR) is 170 cm³/mol. The third-order valence-corrected chi connectivity index (χ3v) is 7.57. The summed E-state index contributed by atoms with van der Waals surface area (Å²) in [5, 5.41) is 0. The Labute approximate surface area is 266 Å². The molecule has 1 amide bonds. The van der Waals surface area contributed by atoms with Gasteiger partial charge in [-0.05, 0) is 64.8 Å². The minimum atomic E-state index is -0.542. The largest absolute Gasteiger partial charge is 0.489 e. The predicted octanol–water partition coefficient (Wildman–Crippen LogP) is 6.70. The lowest BCUT2D eigenvalue weighted by Crippen LogP contribution is -2.41. The van der Waals surface area contributed by atoms with Gasteiger partial charge in [-0.3, -0.25) is 4.40 Å². The van der Waals surface area contributed by atoms with Gasteiger partial charge in [-0.25, -0.2) is 29.1 Å². The molecule has 0 aliphatic carbocycles. The fraction of sp³-hybridized carbons (Fsp3) is 0.324. The van der Waals surface area contributed by atoms with Crippen LogP contribution in [0.5, 0.6) is 17.2 Å². The average Bonchev–Trinajstić information content (AvgIpc) is 3.41. The van der Waals surface area contributed by atoms with Crippen LogP contribution in [0.2, 0.25) is 0 Å². The van der Waals surface area contributed by atoms with Crippen molar-refractivity contribution in [1.82, 2.24) is 29.2 Å². The number of likely N-dealkylation sites (tertiary alicyclic amines) is 1. The zero-order chi connectivity index (χ0) is 32.4. The van der Waals surface area contributed by atoms with Crippen LogP contribution in [0.1, 0.15) is 56.7 Å². The summed E-state index contributed by atoms with van der Waals surface area (Å²) in [7, 11) is 0. The van der Waals surface area contributed by atoms with Gasteiger partial charge in [-0.15, -0.1) is 0 Å². The van der Waals surface area contributed by atoms with Gasteiger partial charge in [0.1, 0.15) is 64.0 Å². The topological polar surface area (TPSA) is 130 Å². The van der Waals surface area contributed by atoms with E-state index in [1.807, 2.05) is 43.5 Å². The molecule has 0 spiro atoms. The van der Waals surface area contributed by atoms with Gasteiger partial charge < -0.3 is 24.8 Å². The smallest absolute Gasteiger partial charge is 0.410 e. The first-order valence-corrected chi connectivity index (χ1v) is 15.1. The molecule has 0 atom stereocenters. The van der Waals surface area contributed by atoms with Crippen LogP contribution < -0.4 is 15.2 Å². The highest BCUT2D eigenvalue weighted by Gasteiger charge is 2.30. The Morgan fingerprint density at radius 3 is 2.39 bits per heavy atom. The Hall–Kier alpha value is -5.26. The second-order valence-electron chi connectivity index (χ2n) is 12.3. The molecule has 0 bridgehead atoms. The SMILES string of the molecule is Cc1ncc(COc2cc(F)cc(Oc3ccc(-c4nc(C5CCN(C(=O)OC(C)(C)C)CC5)n5ccnc(N)c45)cc3)c2)cn1. The van der Waals surface area contributed by atoms with Crippen molar-refractivity contribution in [2.24, 2.45) is 0 Å². The van der Waals surface area contributed by atoms with E-state index in [0.29, 0.717) is 53.2 Å². The molecular weight excluding hydrogens is 589 g/mol. The van der Waals surface area contributed by atoms with Gasteiger partial charge in [0.05, 0.1) is 0 Å². The normalized spacial score (nSPS) is 14.0. The lowest BCUT2D eigenvalue weighted by molar-refractivity contribution is 0.0203. The van der Waals surface area contributed by atoms with Crippen molar-refractivity contribution in [2.45, 2.75) is 58.7 Å². The van der Waals surface area contributed by atoms with Gasteiger partial charge >= 0.3 is 6.09 Å². The number of ether oxygens (including phenoxy) is 3. The molecule has 1 aliphatic heterocycles. The summed E-state index contributed by atoms with van der Waals surface area (Å²) in [6.45, 7) is 8.74. The second kappa shape index (κ2) is 12.6. The number of aryl methyl sites for hydroxylation is 1. The molecule has 6 rings (SSSR count). The number of rotatable bonds is 7. The van der Waals surface area contributed by atoms with E-state index < -0.39 is 11.4 Å². The molecular formula is C34H36FN7O4. The Morgan fingerprint density at radius 2 is 1.70 bits per heavy atom. The third kappa shape index (κ3) is 7.01. The van der Waals surface area contributed by atoms with Crippen molar-refractivity contribution in [3.05, 3.63) is 90.3 Å². The molecule has 2 aromatic carbocycles. The first kappa shape index (κ1) is 30.8. The maximum atomic E-state index is 14.4. The number of fused-ring (bicyclic) bond motifs is 1. The van der Waals surface area contributed by atoms with E-state index in [0.717, 1.165) is 29.8 Å². The minimum absolute atomic E-state index is 0.118. The van der Waals surface area contributed by atoms with Crippen molar-refractivity contribution < 1.29 is 23.4 Å². The molecule has 11 nitrogen and oxygen atoms in total. The van der Waals surface area contributed by atoms with E-state index in [1.165, 1.54) is 12.1 Å². The number of piperidine rings is 1. The number of benzene rings is 2. The number of anilines is 1. The number of carbonyl (C=O) groups excluding carboxylic acids is 1. The number of carbonyl (C=O) groups is 1. The molecule has 2 N–H and O–H groups in total. The van der Waals surface area contributed by atoms with Crippen LogP contribution in [0.3, 0.4) is 0 Å². The van der Waals surface area contributed by atoms with Crippen molar-refractivity contribution in [3.8, 4) is 28.5 Å². The highest BCUT2D eigenvalue weighted by molar-refractivity contribution is 5.85. The van der Waals surface area contributed by atoms with Gasteiger partial charge in [0.25, 0.3) is 0 Å². The lowest BCUT2D eigenvalue weighted by atomic mass is 9.96. The number of halogens is 1. The molecule has 5 aromatic rings. The second-order valence-corrected chi connectivity index (χ2v) is 12.3. The molecule has 1 aliphatic rings. The molecule has 1 fully saturated rings. The Morgan fingerprint density at radius 1 is 1.00 bits per heavy atom. The average molecular weight is 626 g/mol. The van der Waals surface area contributed by atoms with Gasteiger partial charge in [-0.2, -0.15) is 0 Å². The number of amides is 1. The summed E-state index contributed by atoms with van der Waals surface area (Å²) in [6.07, 6.45) is 8.06. The van der Waals surface area contributed by atoms with E-state index in [-0.39, 0.29) is 18.6 Å². The van der Waals surface area contributed by atoms with Crippen LogP contribution in [0.4, 0.5) is 15.0 Å². The summed E-state index contributed by atoms with van der Waals surface area (Å²) in [5.74, 6) is 2.66. The number of hydrogen-bond donors (Lipinski definition) is 1. The number of nitrogen functional groups attached to an aromatic ring is 1. The first-order valence-electron chi connectivity index (χ1n) is 15.1. The molecule has 3 aromatic heterocycles. The highest BCUT2D eigenvalue weighted by Crippen LogP contribution is 2.36. The van der Waals surface area contributed by atoms with E-state index in [9.17, 15) is 9.18 Å². The van der Waals surface area contributed by atoms with Crippen molar-refractivity contribution in [2.75, 3.05) is 18.8 Å². The summed E-state index contributed by atoms with van der Waals surface area (Å²) in [5.41, 5.74) is 8.83. The zero-order valence-electron chi connectivity index (χ0n) is 26.2. The first-order chi connectivity index (χ1) is 22.0. The molecule has 238 valence electrons. The van der Waals surface area contributed by atoms with Crippen LogP contribution in [0, 0.1) is 12.7 Å². The zero-order valence-corrected chi connectivity index (χ0v) is 26.2. The molecule has 12 heteroatoms. The number of nitrogens with zero attached hydrogens (tertiary/aromatic N) is 6. The van der Waals surface area contributed by atoms with Crippen LogP contribution in [0.25, 0.3) is 16.8 Å². The van der Waals surface area contributed by atoms with E-state index in [4.69, 9.17) is 24.9 Å². The molecule has 4 heterocycles. The Bertz CT molecular complexity index is 1850. The van der Waals surface area contributed by atoms with E-state index >= 15 is 0 Å². The van der Waals surface area contributed by atoms with Crippen molar-refractivity contribution >= 4 is 17.4 Å². The standard InChI is InChI=1S/C34H36FN7O4/c1-21-38-18-22(19-39-21)20-44-27-15-25(35)16-28(17-27)45-26-7-5-23(6-8-26)29-30-31(36)37-11-14-42(30)32(40-29)24-9-12-41(13-10-24)33(43)46-34(2,3)4/h5-8,11,14-19,24H,9-10,12-13,20H2,1-4H3,(H2,36,37). The van der Waals surface area contributed by atoms with Crippen LogP contribution >= 0.6 is 0 Å².